The molecule has 4 heteroatoms. The zero-order valence-electron chi connectivity index (χ0n) is 11.1. The van der Waals surface area contributed by atoms with Gasteiger partial charge in [0.15, 0.2) is 0 Å². The lowest BCUT2D eigenvalue weighted by Gasteiger charge is -2.21. The van der Waals surface area contributed by atoms with Crippen molar-refractivity contribution in [3.63, 3.8) is 0 Å². The minimum absolute atomic E-state index is 0.117. The summed E-state index contributed by atoms with van der Waals surface area (Å²) in [6, 6.07) is 5.76. The quantitative estimate of drug-likeness (QED) is 0.839. The van der Waals surface area contributed by atoms with Crippen molar-refractivity contribution in [1.29, 1.82) is 0 Å². The van der Waals surface area contributed by atoms with E-state index < -0.39 is 6.10 Å². The maximum absolute atomic E-state index is 10.2. The van der Waals surface area contributed by atoms with Crippen molar-refractivity contribution in [2.24, 2.45) is 0 Å². The van der Waals surface area contributed by atoms with Crippen LogP contribution in [0.5, 0.6) is 5.75 Å². The summed E-state index contributed by atoms with van der Waals surface area (Å²) < 4.78 is 11.5. The summed E-state index contributed by atoms with van der Waals surface area (Å²) in [5.74, 6) is 0.796. The molecule has 0 heterocycles. The molecule has 0 bridgehead atoms. The van der Waals surface area contributed by atoms with Crippen molar-refractivity contribution in [2.45, 2.75) is 38.4 Å². The highest BCUT2D eigenvalue weighted by Crippen LogP contribution is 2.25. The molecule has 0 saturated carbocycles. The molecule has 18 heavy (non-hydrogen) atoms. The Morgan fingerprint density at radius 2 is 2.06 bits per heavy atom. The first-order valence-electron chi connectivity index (χ1n) is 6.15. The van der Waals surface area contributed by atoms with E-state index >= 15 is 0 Å². The molecule has 1 N–H and O–H groups in total. The van der Waals surface area contributed by atoms with Crippen LogP contribution in [0.3, 0.4) is 0 Å². The van der Waals surface area contributed by atoms with Crippen molar-refractivity contribution in [1.82, 2.24) is 0 Å². The molecule has 0 spiro atoms. The van der Waals surface area contributed by atoms with Crippen LogP contribution in [-0.2, 0) is 11.2 Å². The average Bonchev–Trinajstić information content (AvgIpc) is 2.38. The van der Waals surface area contributed by atoms with Crippen molar-refractivity contribution >= 4 is 15.9 Å². The van der Waals surface area contributed by atoms with Crippen LogP contribution < -0.4 is 4.74 Å². The van der Waals surface area contributed by atoms with Crippen LogP contribution in [0.4, 0.5) is 0 Å². The van der Waals surface area contributed by atoms with Gasteiger partial charge in [-0.1, -0.05) is 29.3 Å². The molecule has 0 aromatic heterocycles. The van der Waals surface area contributed by atoms with Crippen LogP contribution >= 0.6 is 15.9 Å². The van der Waals surface area contributed by atoms with E-state index in [4.69, 9.17) is 9.47 Å². The fraction of sp³-hybridized carbons (Fsp3) is 0.571. The number of ether oxygens (including phenoxy) is 2. The number of rotatable bonds is 7. The minimum atomic E-state index is -0.502. The molecular weight excluding hydrogens is 296 g/mol. The van der Waals surface area contributed by atoms with Crippen molar-refractivity contribution in [3.8, 4) is 5.75 Å². The van der Waals surface area contributed by atoms with Crippen LogP contribution in [-0.4, -0.2) is 31.5 Å². The Kier molecular flexibility index (Phi) is 6.68. The normalized spacial score (nSPS) is 14.3. The molecule has 0 amide bonds. The molecule has 0 aliphatic heterocycles. The van der Waals surface area contributed by atoms with E-state index in [1.165, 1.54) is 0 Å². The first kappa shape index (κ1) is 15.5. The molecule has 1 aromatic rings. The van der Waals surface area contributed by atoms with Crippen LogP contribution in [0.25, 0.3) is 0 Å². The third-order valence-electron chi connectivity index (χ3n) is 2.99. The predicted octanol–water partition coefficient (Wildman–Crippen LogP) is 3.18. The van der Waals surface area contributed by atoms with E-state index in [2.05, 4.69) is 22.9 Å². The lowest BCUT2D eigenvalue weighted by molar-refractivity contribution is -0.0160. The number of methoxy groups -OCH3 is 2. The first-order valence-corrected chi connectivity index (χ1v) is 6.95. The van der Waals surface area contributed by atoms with E-state index in [1.54, 1.807) is 14.2 Å². The monoisotopic (exact) mass is 316 g/mol. The van der Waals surface area contributed by atoms with Gasteiger partial charge in [-0.25, -0.2) is 0 Å². The Morgan fingerprint density at radius 1 is 1.33 bits per heavy atom. The Morgan fingerprint density at radius 3 is 2.61 bits per heavy atom. The van der Waals surface area contributed by atoms with Gasteiger partial charge >= 0.3 is 0 Å². The van der Waals surface area contributed by atoms with Gasteiger partial charge in [0.1, 0.15) is 5.75 Å². The largest absolute Gasteiger partial charge is 0.497 e. The van der Waals surface area contributed by atoms with Crippen LogP contribution in [0, 0.1) is 0 Å². The lowest BCUT2D eigenvalue weighted by atomic mass is 10.0. The molecular formula is C14H21BrO3. The molecule has 0 fully saturated rings. The topological polar surface area (TPSA) is 38.7 Å². The van der Waals surface area contributed by atoms with Crippen molar-refractivity contribution < 1.29 is 14.6 Å². The van der Waals surface area contributed by atoms with E-state index in [0.717, 1.165) is 28.6 Å². The summed E-state index contributed by atoms with van der Waals surface area (Å²) in [4.78, 5) is 0. The number of aliphatic hydroxyl groups excluding tert-OH is 1. The number of aliphatic hydroxyl groups is 1. The van der Waals surface area contributed by atoms with Crippen LogP contribution in [0.2, 0.25) is 0 Å². The third-order valence-corrected chi connectivity index (χ3v) is 3.76. The molecule has 0 aliphatic carbocycles. The second-order valence-electron chi connectivity index (χ2n) is 4.29. The highest BCUT2D eigenvalue weighted by atomic mass is 79.9. The third kappa shape index (κ3) is 4.26. The van der Waals surface area contributed by atoms with Crippen molar-refractivity contribution in [2.75, 3.05) is 14.2 Å². The number of benzene rings is 1. The van der Waals surface area contributed by atoms with Gasteiger partial charge in [-0.05, 0) is 30.2 Å². The summed E-state index contributed by atoms with van der Waals surface area (Å²) in [5.41, 5.74) is 1.03. The highest BCUT2D eigenvalue weighted by molar-refractivity contribution is 9.10. The second kappa shape index (κ2) is 7.77. The smallest absolute Gasteiger partial charge is 0.119 e. The zero-order valence-corrected chi connectivity index (χ0v) is 12.7. The molecule has 0 radical (unpaired) electrons. The summed E-state index contributed by atoms with van der Waals surface area (Å²) in [7, 11) is 3.28. The Labute approximate surface area is 117 Å². The van der Waals surface area contributed by atoms with E-state index in [1.807, 2.05) is 18.2 Å². The standard InChI is InChI=1S/C14H21BrO3/c1-4-5-14(18-3)13(16)9-10-8-11(17-2)6-7-12(10)15/h6-8,13-14,16H,4-5,9H2,1-3H3. The molecule has 2 unspecified atom stereocenters. The molecule has 102 valence electrons. The van der Waals surface area contributed by atoms with Gasteiger partial charge in [0.05, 0.1) is 19.3 Å². The maximum atomic E-state index is 10.2. The molecule has 0 aliphatic rings. The summed E-state index contributed by atoms with van der Waals surface area (Å²) >= 11 is 3.49. The fourth-order valence-electron chi connectivity index (χ4n) is 1.94. The number of halogens is 1. The molecule has 1 rings (SSSR count). The molecule has 3 nitrogen and oxygen atoms in total. The second-order valence-corrected chi connectivity index (χ2v) is 5.15. The van der Waals surface area contributed by atoms with Gasteiger partial charge in [0, 0.05) is 18.0 Å². The van der Waals surface area contributed by atoms with E-state index in [9.17, 15) is 5.11 Å². The zero-order chi connectivity index (χ0) is 13.5. The maximum Gasteiger partial charge on any atom is 0.119 e. The van der Waals surface area contributed by atoms with E-state index in [-0.39, 0.29) is 6.10 Å². The van der Waals surface area contributed by atoms with Crippen LogP contribution in [0.15, 0.2) is 22.7 Å². The van der Waals surface area contributed by atoms with Crippen molar-refractivity contribution in [3.05, 3.63) is 28.2 Å². The molecule has 2 atom stereocenters. The van der Waals surface area contributed by atoms with Gasteiger partial charge in [-0.2, -0.15) is 0 Å². The predicted molar refractivity (Wildman–Crippen MR) is 76.1 cm³/mol. The Balaban J connectivity index is 2.76. The molecule has 0 saturated heterocycles. The SMILES string of the molecule is CCCC(OC)C(O)Cc1cc(OC)ccc1Br. The van der Waals surface area contributed by atoms with Gasteiger partial charge < -0.3 is 14.6 Å². The minimum Gasteiger partial charge on any atom is -0.497 e. The van der Waals surface area contributed by atoms with Gasteiger partial charge in [-0.3, -0.25) is 0 Å². The van der Waals surface area contributed by atoms with Gasteiger partial charge in [0.25, 0.3) is 0 Å². The summed E-state index contributed by atoms with van der Waals surface area (Å²) in [5, 5.41) is 10.2. The Bertz CT molecular complexity index is 368. The van der Waals surface area contributed by atoms with E-state index in [0.29, 0.717) is 6.42 Å². The van der Waals surface area contributed by atoms with Crippen LogP contribution in [0.1, 0.15) is 25.3 Å². The average molecular weight is 317 g/mol. The first-order chi connectivity index (χ1) is 8.62. The number of hydrogen-bond donors (Lipinski definition) is 1. The Hall–Kier alpha value is -0.580. The van der Waals surface area contributed by atoms with Gasteiger partial charge in [0.2, 0.25) is 0 Å². The summed E-state index contributed by atoms with van der Waals surface area (Å²) in [6.45, 7) is 2.08. The molecule has 1 aromatic carbocycles. The number of hydrogen-bond acceptors (Lipinski definition) is 3. The summed E-state index contributed by atoms with van der Waals surface area (Å²) in [6.07, 6.45) is 1.79. The lowest BCUT2D eigenvalue weighted by Crippen LogP contribution is -2.29. The highest BCUT2D eigenvalue weighted by Gasteiger charge is 2.19. The fourth-order valence-corrected chi connectivity index (χ4v) is 2.35. The van der Waals surface area contributed by atoms with Gasteiger partial charge in [-0.15, -0.1) is 0 Å².